The van der Waals surface area contributed by atoms with Crippen LogP contribution in [0.5, 0.6) is 11.8 Å². The van der Waals surface area contributed by atoms with E-state index in [4.69, 9.17) is 28.9 Å². The first-order valence-electron chi connectivity index (χ1n) is 29.7. The molecule has 6 atom stereocenters. The smallest absolute Gasteiger partial charge is 0.410 e. The van der Waals surface area contributed by atoms with Gasteiger partial charge in [0.1, 0.15) is 42.0 Å². The van der Waals surface area contributed by atoms with Gasteiger partial charge in [0.2, 0.25) is 17.7 Å². The van der Waals surface area contributed by atoms with Gasteiger partial charge in [0.25, 0.3) is 0 Å². The number of nitrogens with one attached hydrogen (secondary N) is 2. The van der Waals surface area contributed by atoms with Gasteiger partial charge in [-0.25, -0.2) is 9.78 Å². The lowest BCUT2D eigenvalue weighted by molar-refractivity contribution is -0.144. The molecule has 0 radical (unpaired) electrons. The van der Waals surface area contributed by atoms with E-state index < -0.39 is 53.2 Å². The van der Waals surface area contributed by atoms with Crippen molar-refractivity contribution in [3.8, 4) is 28.3 Å². The summed E-state index contributed by atoms with van der Waals surface area (Å²) in [6.07, 6.45) is 0.771. The first-order valence-corrected chi connectivity index (χ1v) is 30.5. The average Bonchev–Trinajstić information content (AvgIpc) is 3.39. The Morgan fingerprint density at radius 1 is 0.894 bits per heavy atom. The number of aromatic nitrogens is 3. The number of phenols is 1. The van der Waals surface area contributed by atoms with Gasteiger partial charge in [-0.3, -0.25) is 19.3 Å². The number of nitriles is 1. The summed E-state index contributed by atoms with van der Waals surface area (Å²) in [5.74, 6) is -0.393. The highest BCUT2D eigenvalue weighted by atomic mass is 32.1. The number of hydrogen-bond donors (Lipinski definition) is 4. The Balaban J connectivity index is 0.750. The molecule has 3 fully saturated rings. The Morgan fingerprint density at radius 3 is 2.35 bits per heavy atom. The number of aromatic hydroxyl groups is 1. The van der Waals surface area contributed by atoms with E-state index in [2.05, 4.69) is 42.5 Å². The van der Waals surface area contributed by atoms with Gasteiger partial charge < -0.3 is 59.4 Å². The Labute approximate surface area is 502 Å². The Kier molecular flexibility index (Phi) is 19.8. The number of aliphatic hydroxyl groups is 1. The van der Waals surface area contributed by atoms with E-state index in [1.54, 1.807) is 28.4 Å². The molecule has 5 aromatic rings. The van der Waals surface area contributed by atoms with Gasteiger partial charge >= 0.3 is 12.1 Å². The number of thiazole rings is 1. The third-order valence-electron chi connectivity index (χ3n) is 16.2. The van der Waals surface area contributed by atoms with Gasteiger partial charge in [-0.2, -0.15) is 15.2 Å². The number of hydrogen-bond acceptors (Lipinski definition) is 18. The number of nitrogens with zero attached hydrogens (tertiary/aromatic N) is 9. The molecule has 6 heterocycles. The molecule has 85 heavy (non-hydrogen) atoms. The predicted molar refractivity (Wildman–Crippen MR) is 324 cm³/mol. The van der Waals surface area contributed by atoms with Crippen LogP contribution in [0, 0.1) is 23.7 Å². The fourth-order valence-electron chi connectivity index (χ4n) is 11.8. The number of ether oxygens (including phenoxy) is 4. The highest BCUT2D eigenvalue weighted by molar-refractivity contribution is 7.13. The predicted octanol–water partition coefficient (Wildman–Crippen LogP) is 7.30. The SMILES string of the molecule is Cc1ncsc1-c1ccc([C@H](C)NC(=O)[C@@H]2C[C@@H](O)CN2C(=O)[C@@H](NC(=O)COCCOC2CCN(C[C@@H](C)Oc3nc4c(c(N5CCN(C(=O)OC(C)(C)C)[C@@H](CC#N)C5)n3)CCN(c3cc(O)cc5ccccc35)C4)CC2)C(C)(C)C)cc1. The molecule has 4 amide bonds. The molecule has 21 nitrogen and oxygen atoms in total. The quantitative estimate of drug-likeness (QED) is 0.0592. The van der Waals surface area contributed by atoms with Crippen LogP contribution in [0.1, 0.15) is 110 Å². The number of β-amino-alcohol motifs (C(OH)–C–C–N with tert-alkyl or cyclic N) is 1. The molecule has 4 N–H and O–H groups in total. The third kappa shape index (κ3) is 15.6. The van der Waals surface area contributed by atoms with Crippen LogP contribution < -0.4 is 25.2 Å². The van der Waals surface area contributed by atoms with Crippen molar-refractivity contribution in [2.75, 3.05) is 82.0 Å². The summed E-state index contributed by atoms with van der Waals surface area (Å²) in [5, 5.41) is 39.3. The van der Waals surface area contributed by atoms with Crippen molar-refractivity contribution in [3.63, 3.8) is 0 Å². The zero-order chi connectivity index (χ0) is 60.7. The second kappa shape index (κ2) is 27.0. The van der Waals surface area contributed by atoms with Crippen LogP contribution in [0.3, 0.4) is 0 Å². The van der Waals surface area contributed by atoms with E-state index in [0.29, 0.717) is 45.7 Å². The summed E-state index contributed by atoms with van der Waals surface area (Å²) >= 11 is 1.57. The van der Waals surface area contributed by atoms with E-state index in [1.165, 1.54) is 4.90 Å². The topological polar surface area (TPSA) is 248 Å². The van der Waals surface area contributed by atoms with Crippen LogP contribution in [-0.4, -0.2) is 178 Å². The van der Waals surface area contributed by atoms with Gasteiger partial charge in [0.05, 0.1) is 78.3 Å². The maximum atomic E-state index is 14.2. The standard InChI is InChI=1S/C63H83N11O10S/c1-39(83-60-67-51-36-71(52-31-46(75)30-44-12-10-11-13-49(44)52)25-21-50(51)57(69-60)72-26-27-73(45(34-72)18-22-64)61(80)84-63(7,8)9)33-70-23-19-48(20-24-70)82-29-28-81-37-54(77)68-56(62(4,5)6)59(79)74-35-47(76)32-53(74)58(78)66-40(2)42-14-16-43(17-15-42)55-41(3)65-38-85-55/h10-17,30-31,38-40,45,47-48,53,56,75-76H,18-21,23-29,32-37H2,1-9H3,(H,66,78)(H,68,77)/t39-,40+,45+,47-,53+,56-/m1/s1. The van der Waals surface area contributed by atoms with Crippen LogP contribution in [0.4, 0.5) is 16.3 Å². The highest BCUT2D eigenvalue weighted by Crippen LogP contribution is 2.38. The Morgan fingerprint density at radius 2 is 1.65 bits per heavy atom. The minimum Gasteiger partial charge on any atom is -0.508 e. The number of aliphatic hydroxyl groups excluding tert-OH is 1. The normalized spacial score (nSPS) is 19.9. The van der Waals surface area contributed by atoms with Crippen LogP contribution in [0.2, 0.25) is 0 Å². The van der Waals surface area contributed by atoms with Crippen molar-refractivity contribution in [2.24, 2.45) is 5.41 Å². The molecule has 4 aliphatic heterocycles. The second-order valence-electron chi connectivity index (χ2n) is 25.0. The van der Waals surface area contributed by atoms with Crippen molar-refractivity contribution in [1.29, 1.82) is 5.26 Å². The summed E-state index contributed by atoms with van der Waals surface area (Å²) in [7, 11) is 0. The summed E-state index contributed by atoms with van der Waals surface area (Å²) in [6.45, 7) is 21.5. The van der Waals surface area contributed by atoms with E-state index in [0.717, 1.165) is 81.2 Å². The summed E-state index contributed by atoms with van der Waals surface area (Å²) in [5.41, 5.74) is 6.00. The number of likely N-dealkylation sites (tertiary alicyclic amines) is 2. The molecule has 0 bridgehead atoms. The zero-order valence-corrected chi connectivity index (χ0v) is 51.3. The highest BCUT2D eigenvalue weighted by Gasteiger charge is 2.45. The molecular weight excluding hydrogens is 1100 g/mol. The van der Waals surface area contributed by atoms with Gasteiger partial charge in [0, 0.05) is 81.5 Å². The minimum atomic E-state index is -0.991. The number of fused-ring (bicyclic) bond motifs is 2. The van der Waals surface area contributed by atoms with Crippen molar-refractivity contribution in [3.05, 3.63) is 88.7 Å². The van der Waals surface area contributed by atoms with Gasteiger partial charge in [-0.1, -0.05) is 69.3 Å². The van der Waals surface area contributed by atoms with Gasteiger partial charge in [-0.15, -0.1) is 11.3 Å². The molecule has 4 aliphatic rings. The monoisotopic (exact) mass is 1190 g/mol. The molecule has 2 aromatic heterocycles. The molecule has 0 spiro atoms. The number of piperidine rings is 1. The second-order valence-corrected chi connectivity index (χ2v) is 25.8. The van der Waals surface area contributed by atoms with Crippen LogP contribution >= 0.6 is 11.3 Å². The molecule has 3 aromatic carbocycles. The number of anilines is 2. The lowest BCUT2D eigenvalue weighted by Gasteiger charge is -2.42. The zero-order valence-electron chi connectivity index (χ0n) is 50.5. The van der Waals surface area contributed by atoms with Gasteiger partial charge in [0.15, 0.2) is 0 Å². The minimum absolute atomic E-state index is 0.00503. The number of piperazine rings is 1. The summed E-state index contributed by atoms with van der Waals surface area (Å²) in [4.78, 5) is 80.0. The summed E-state index contributed by atoms with van der Waals surface area (Å²) in [6, 6.07) is 19.3. The number of carbonyl (C=O) groups excluding carboxylic acids is 4. The van der Waals surface area contributed by atoms with E-state index in [9.17, 15) is 34.7 Å². The van der Waals surface area contributed by atoms with Crippen molar-refractivity contribution in [2.45, 2.75) is 149 Å². The summed E-state index contributed by atoms with van der Waals surface area (Å²) < 4.78 is 24.3. The lowest BCUT2D eigenvalue weighted by Crippen LogP contribution is -2.58. The van der Waals surface area contributed by atoms with E-state index >= 15 is 0 Å². The Hall–Kier alpha value is -7.16. The van der Waals surface area contributed by atoms with Crippen molar-refractivity contribution < 1.29 is 48.3 Å². The number of carbonyl (C=O) groups is 4. The molecular formula is C63H83N11O10S. The largest absolute Gasteiger partial charge is 0.508 e. The number of benzene rings is 3. The molecule has 0 unspecified atom stereocenters. The number of phenolic OH excluding ortho intramolecular Hbond substituents is 1. The van der Waals surface area contributed by atoms with Crippen LogP contribution in [0.25, 0.3) is 21.2 Å². The van der Waals surface area contributed by atoms with Crippen LogP contribution in [-0.2, 0) is 41.6 Å². The van der Waals surface area contributed by atoms with E-state index in [1.807, 2.05) is 110 Å². The molecule has 0 saturated carbocycles. The van der Waals surface area contributed by atoms with Crippen molar-refractivity contribution in [1.82, 2.24) is 40.3 Å². The molecule has 3 saturated heterocycles. The molecule has 456 valence electrons. The number of amides is 4. The maximum absolute atomic E-state index is 14.2. The van der Waals surface area contributed by atoms with E-state index in [-0.39, 0.29) is 75.1 Å². The fourth-order valence-corrected chi connectivity index (χ4v) is 12.6. The molecule has 22 heteroatoms. The Bertz CT molecular complexity index is 3210. The first-order chi connectivity index (χ1) is 40.5. The third-order valence-corrected chi connectivity index (χ3v) is 17.1. The first kappa shape index (κ1) is 62.4. The number of aryl methyl sites for hydroxylation is 1. The van der Waals surface area contributed by atoms with Crippen LogP contribution in [0.15, 0.2) is 66.2 Å². The van der Waals surface area contributed by atoms with Crippen molar-refractivity contribution >= 4 is 57.4 Å². The molecule has 0 aliphatic carbocycles. The maximum Gasteiger partial charge on any atom is 0.410 e. The van der Waals surface area contributed by atoms with Gasteiger partial charge in [-0.05, 0) is 88.8 Å². The fraction of sp³-hybridized carbons (Fsp3) is 0.556. The molecule has 9 rings (SSSR count). The average molecular weight is 1190 g/mol. The lowest BCUT2D eigenvalue weighted by atomic mass is 9.85. The number of rotatable bonds is 19.